The molecular weight excluding hydrogens is 260 g/mol. The SMILES string of the molecule is CCOC(=O)c1cn[nH]c1OCCn1nc(C)cc1C. The minimum atomic E-state index is -0.442. The lowest BCUT2D eigenvalue weighted by molar-refractivity contribution is 0.0521. The number of aromatic nitrogens is 4. The smallest absolute Gasteiger partial charge is 0.345 e. The van der Waals surface area contributed by atoms with Crippen molar-refractivity contribution in [3.05, 3.63) is 29.2 Å². The summed E-state index contributed by atoms with van der Waals surface area (Å²) < 4.78 is 12.3. The van der Waals surface area contributed by atoms with Gasteiger partial charge in [-0.1, -0.05) is 0 Å². The van der Waals surface area contributed by atoms with Gasteiger partial charge in [0.25, 0.3) is 0 Å². The molecule has 0 aliphatic carbocycles. The number of nitrogens with one attached hydrogen (secondary N) is 1. The maximum Gasteiger partial charge on any atom is 0.345 e. The van der Waals surface area contributed by atoms with Gasteiger partial charge in [0.1, 0.15) is 12.2 Å². The summed E-state index contributed by atoms with van der Waals surface area (Å²) in [5, 5.41) is 10.8. The van der Waals surface area contributed by atoms with Crippen molar-refractivity contribution in [3.8, 4) is 5.88 Å². The molecule has 2 rings (SSSR count). The van der Waals surface area contributed by atoms with Crippen LogP contribution in [0.4, 0.5) is 0 Å². The molecule has 0 aromatic carbocycles. The van der Waals surface area contributed by atoms with Crippen LogP contribution in [0.3, 0.4) is 0 Å². The van der Waals surface area contributed by atoms with Crippen LogP contribution in [0.2, 0.25) is 0 Å². The number of aryl methyl sites for hydroxylation is 2. The van der Waals surface area contributed by atoms with E-state index >= 15 is 0 Å². The van der Waals surface area contributed by atoms with Crippen LogP contribution in [-0.2, 0) is 11.3 Å². The number of carbonyl (C=O) groups excluding carboxylic acids is 1. The molecule has 2 aromatic rings. The van der Waals surface area contributed by atoms with Crippen molar-refractivity contribution in [1.82, 2.24) is 20.0 Å². The highest BCUT2D eigenvalue weighted by molar-refractivity contribution is 5.91. The highest BCUT2D eigenvalue weighted by Gasteiger charge is 2.16. The van der Waals surface area contributed by atoms with Crippen molar-refractivity contribution in [1.29, 1.82) is 0 Å². The fourth-order valence-electron chi connectivity index (χ4n) is 1.87. The Hall–Kier alpha value is -2.31. The van der Waals surface area contributed by atoms with E-state index in [1.807, 2.05) is 24.6 Å². The van der Waals surface area contributed by atoms with Gasteiger partial charge < -0.3 is 9.47 Å². The van der Waals surface area contributed by atoms with Gasteiger partial charge in [-0.2, -0.15) is 10.2 Å². The molecule has 7 heteroatoms. The first-order valence-electron chi connectivity index (χ1n) is 6.46. The van der Waals surface area contributed by atoms with E-state index < -0.39 is 5.97 Å². The third kappa shape index (κ3) is 3.17. The van der Waals surface area contributed by atoms with E-state index in [4.69, 9.17) is 9.47 Å². The number of esters is 1. The van der Waals surface area contributed by atoms with Gasteiger partial charge in [0, 0.05) is 5.69 Å². The van der Waals surface area contributed by atoms with E-state index in [0.29, 0.717) is 31.2 Å². The molecule has 0 aliphatic rings. The fourth-order valence-corrected chi connectivity index (χ4v) is 1.87. The molecule has 108 valence electrons. The topological polar surface area (TPSA) is 82.0 Å². The van der Waals surface area contributed by atoms with Crippen LogP contribution in [0.25, 0.3) is 0 Å². The Kier molecular flexibility index (Phi) is 4.39. The van der Waals surface area contributed by atoms with Gasteiger partial charge in [-0.05, 0) is 26.8 Å². The summed E-state index contributed by atoms with van der Waals surface area (Å²) in [6.07, 6.45) is 1.40. The number of aromatic amines is 1. The van der Waals surface area contributed by atoms with Crippen molar-refractivity contribution in [2.45, 2.75) is 27.3 Å². The molecule has 20 heavy (non-hydrogen) atoms. The highest BCUT2D eigenvalue weighted by atomic mass is 16.5. The largest absolute Gasteiger partial charge is 0.475 e. The van der Waals surface area contributed by atoms with Crippen LogP contribution in [0, 0.1) is 13.8 Å². The normalized spacial score (nSPS) is 10.6. The predicted octanol–water partition coefficient (Wildman–Crippen LogP) is 1.48. The zero-order valence-electron chi connectivity index (χ0n) is 11.8. The standard InChI is InChI=1S/C13H18N4O3/c1-4-19-13(18)11-8-14-15-12(11)20-6-5-17-10(3)7-9(2)16-17/h7-8H,4-6H2,1-3H3,(H,14,15). The second-order valence-corrected chi connectivity index (χ2v) is 4.33. The quantitative estimate of drug-likeness (QED) is 0.809. The Bertz CT molecular complexity index is 588. The Morgan fingerprint density at radius 2 is 2.25 bits per heavy atom. The van der Waals surface area contributed by atoms with Gasteiger partial charge in [0.2, 0.25) is 5.88 Å². The molecule has 0 fully saturated rings. The lowest BCUT2D eigenvalue weighted by Crippen LogP contribution is -2.13. The van der Waals surface area contributed by atoms with Gasteiger partial charge in [0.15, 0.2) is 0 Å². The number of hydrogen-bond donors (Lipinski definition) is 1. The highest BCUT2D eigenvalue weighted by Crippen LogP contribution is 2.15. The number of rotatable bonds is 6. The first-order valence-corrected chi connectivity index (χ1v) is 6.46. The van der Waals surface area contributed by atoms with Gasteiger partial charge >= 0.3 is 5.97 Å². The van der Waals surface area contributed by atoms with E-state index in [9.17, 15) is 4.79 Å². The van der Waals surface area contributed by atoms with Gasteiger partial charge in [-0.3, -0.25) is 4.68 Å². The van der Waals surface area contributed by atoms with Crippen LogP contribution in [0.15, 0.2) is 12.3 Å². The van der Waals surface area contributed by atoms with Gasteiger partial charge in [-0.15, -0.1) is 0 Å². The molecule has 0 atom stereocenters. The molecule has 0 bridgehead atoms. The van der Waals surface area contributed by atoms with Crippen molar-refractivity contribution in [2.24, 2.45) is 0 Å². The number of ether oxygens (including phenoxy) is 2. The van der Waals surface area contributed by atoms with E-state index in [2.05, 4.69) is 15.3 Å². The molecule has 0 saturated carbocycles. The average Bonchev–Trinajstić information content (AvgIpc) is 2.97. The lowest BCUT2D eigenvalue weighted by atomic mass is 10.3. The molecule has 0 spiro atoms. The van der Waals surface area contributed by atoms with E-state index in [1.54, 1.807) is 6.92 Å². The zero-order valence-corrected chi connectivity index (χ0v) is 11.8. The minimum Gasteiger partial charge on any atom is -0.475 e. The molecular formula is C13H18N4O3. The Morgan fingerprint density at radius 1 is 1.45 bits per heavy atom. The van der Waals surface area contributed by atoms with Gasteiger partial charge in [0.05, 0.1) is 25.0 Å². The minimum absolute atomic E-state index is 0.306. The Morgan fingerprint density at radius 3 is 2.90 bits per heavy atom. The third-order valence-electron chi connectivity index (χ3n) is 2.75. The molecule has 2 aromatic heterocycles. The zero-order chi connectivity index (χ0) is 14.5. The molecule has 1 N–H and O–H groups in total. The molecule has 0 aliphatic heterocycles. The number of H-pyrrole nitrogens is 1. The molecule has 0 radical (unpaired) electrons. The molecule has 2 heterocycles. The summed E-state index contributed by atoms with van der Waals surface area (Å²) in [5.41, 5.74) is 2.35. The van der Waals surface area contributed by atoms with Crippen LogP contribution in [-0.4, -0.2) is 39.2 Å². The first-order chi connectivity index (χ1) is 9.61. The van der Waals surface area contributed by atoms with Crippen LogP contribution >= 0.6 is 0 Å². The van der Waals surface area contributed by atoms with Crippen molar-refractivity contribution in [3.63, 3.8) is 0 Å². The third-order valence-corrected chi connectivity index (χ3v) is 2.75. The second kappa shape index (κ2) is 6.23. The first kappa shape index (κ1) is 14.1. The summed E-state index contributed by atoms with van der Waals surface area (Å²) in [7, 11) is 0. The summed E-state index contributed by atoms with van der Waals surface area (Å²) in [6.45, 7) is 6.98. The monoisotopic (exact) mass is 278 g/mol. The van der Waals surface area contributed by atoms with Crippen LogP contribution < -0.4 is 4.74 Å². The summed E-state index contributed by atoms with van der Waals surface area (Å²) >= 11 is 0. The number of hydrogen-bond acceptors (Lipinski definition) is 5. The van der Waals surface area contributed by atoms with Crippen LogP contribution in [0.1, 0.15) is 28.7 Å². The molecule has 7 nitrogen and oxygen atoms in total. The predicted molar refractivity (Wildman–Crippen MR) is 71.7 cm³/mol. The van der Waals surface area contributed by atoms with E-state index in [-0.39, 0.29) is 0 Å². The summed E-state index contributed by atoms with van der Waals surface area (Å²) in [6, 6.07) is 2.00. The van der Waals surface area contributed by atoms with Crippen molar-refractivity contribution >= 4 is 5.97 Å². The lowest BCUT2D eigenvalue weighted by Gasteiger charge is -2.07. The Balaban J connectivity index is 1.93. The van der Waals surface area contributed by atoms with Gasteiger partial charge in [-0.25, -0.2) is 9.89 Å². The molecule has 0 saturated heterocycles. The maximum absolute atomic E-state index is 11.6. The average molecular weight is 278 g/mol. The molecule has 0 amide bonds. The second-order valence-electron chi connectivity index (χ2n) is 4.33. The van der Waals surface area contributed by atoms with E-state index in [1.165, 1.54) is 6.20 Å². The van der Waals surface area contributed by atoms with Crippen LogP contribution in [0.5, 0.6) is 5.88 Å². The number of carbonyl (C=O) groups is 1. The summed E-state index contributed by atoms with van der Waals surface area (Å²) in [5.74, 6) is -0.118. The fraction of sp³-hybridized carbons (Fsp3) is 0.462. The van der Waals surface area contributed by atoms with Crippen molar-refractivity contribution < 1.29 is 14.3 Å². The van der Waals surface area contributed by atoms with Crippen molar-refractivity contribution in [2.75, 3.05) is 13.2 Å². The van der Waals surface area contributed by atoms with E-state index in [0.717, 1.165) is 11.4 Å². The maximum atomic E-state index is 11.6. The molecule has 0 unspecified atom stereocenters. The number of nitrogens with zero attached hydrogens (tertiary/aromatic N) is 3. The Labute approximate surface area is 116 Å². The summed E-state index contributed by atoms with van der Waals surface area (Å²) in [4.78, 5) is 11.6.